The molecule has 0 radical (unpaired) electrons. The standard InChI is InChI=1S/C48H50Cl4N4O6S/c1-61-35-13-5-3-11-27(35)31-25-37(43(49)45(51)41(31)29-23-33(29)47(59)53-17-9-21-55-19-7-15-39(55)57)63-38-26-32(28-12-4-6-14-36(28)62-2)42(46(52)44(38)50)30-24-34(30)48(60)54-18-10-22-56-20-8-16-40(56)58/h3-6,11-14,25-26,29-30,33-34H,7-10,15-24H2,1-2H3,(H,53,59)(H,54,60). The molecule has 4 amide bonds. The number of para-hydroxylation sites is 2. The number of rotatable bonds is 18. The maximum Gasteiger partial charge on any atom is 0.223 e. The lowest BCUT2D eigenvalue weighted by atomic mass is 9.94. The Morgan fingerprint density at radius 2 is 1.05 bits per heavy atom. The van der Waals surface area contributed by atoms with Gasteiger partial charge in [-0.2, -0.15) is 0 Å². The van der Waals surface area contributed by atoms with Crippen molar-refractivity contribution in [3.05, 3.63) is 91.9 Å². The van der Waals surface area contributed by atoms with E-state index >= 15 is 0 Å². The summed E-state index contributed by atoms with van der Waals surface area (Å²) in [5.41, 5.74) is 4.73. The number of likely N-dealkylation sites (tertiary alicyclic amines) is 2. The minimum atomic E-state index is -0.294. The third-order valence-electron chi connectivity index (χ3n) is 12.6. The molecule has 332 valence electrons. The molecule has 2 saturated heterocycles. The van der Waals surface area contributed by atoms with Crippen LogP contribution in [0.15, 0.2) is 70.5 Å². The number of nitrogens with one attached hydrogen (secondary N) is 2. The van der Waals surface area contributed by atoms with Crippen molar-refractivity contribution < 1.29 is 28.7 Å². The van der Waals surface area contributed by atoms with E-state index in [1.165, 1.54) is 11.8 Å². The molecule has 0 bridgehead atoms. The van der Waals surface area contributed by atoms with Crippen LogP contribution in [0.5, 0.6) is 11.5 Å². The monoisotopic (exact) mass is 950 g/mol. The van der Waals surface area contributed by atoms with Crippen LogP contribution in [0, 0.1) is 11.8 Å². The molecule has 2 saturated carbocycles. The van der Waals surface area contributed by atoms with E-state index in [0.29, 0.717) is 106 Å². The molecule has 4 aromatic rings. The van der Waals surface area contributed by atoms with E-state index in [1.54, 1.807) is 14.2 Å². The molecule has 2 aliphatic heterocycles. The summed E-state index contributed by atoms with van der Waals surface area (Å²) in [6.07, 6.45) is 5.54. The number of hydrogen-bond acceptors (Lipinski definition) is 7. The number of nitrogens with zero attached hydrogens (tertiary/aromatic N) is 2. The van der Waals surface area contributed by atoms with Crippen molar-refractivity contribution in [2.24, 2.45) is 11.8 Å². The fourth-order valence-electron chi connectivity index (χ4n) is 9.12. The molecule has 2 heterocycles. The second-order valence-corrected chi connectivity index (χ2v) is 19.2. The van der Waals surface area contributed by atoms with Crippen LogP contribution >= 0.6 is 58.2 Å². The Balaban J connectivity index is 1.07. The van der Waals surface area contributed by atoms with E-state index in [2.05, 4.69) is 10.6 Å². The summed E-state index contributed by atoms with van der Waals surface area (Å²) in [7, 11) is 3.23. The molecule has 0 aromatic heterocycles. The first-order valence-corrected chi connectivity index (χ1v) is 23.9. The van der Waals surface area contributed by atoms with Gasteiger partial charge in [0.05, 0.1) is 34.3 Å². The molecule has 4 unspecified atom stereocenters. The Hall–Kier alpha value is -4.13. The number of halogens is 4. The summed E-state index contributed by atoms with van der Waals surface area (Å²) in [5, 5.41) is 7.48. The van der Waals surface area contributed by atoms with E-state index < -0.39 is 0 Å². The van der Waals surface area contributed by atoms with E-state index in [4.69, 9.17) is 55.9 Å². The van der Waals surface area contributed by atoms with Gasteiger partial charge in [0.1, 0.15) is 11.5 Å². The number of benzene rings is 4. The summed E-state index contributed by atoms with van der Waals surface area (Å²) in [4.78, 5) is 56.0. The second-order valence-electron chi connectivity index (χ2n) is 16.6. The van der Waals surface area contributed by atoms with Crippen molar-refractivity contribution in [1.82, 2.24) is 20.4 Å². The molecule has 2 aliphatic carbocycles. The van der Waals surface area contributed by atoms with Crippen LogP contribution < -0.4 is 20.1 Å². The summed E-state index contributed by atoms with van der Waals surface area (Å²) >= 11 is 30.3. The Labute approximate surface area is 392 Å². The maximum absolute atomic E-state index is 13.5. The topological polar surface area (TPSA) is 117 Å². The van der Waals surface area contributed by atoms with Gasteiger partial charge in [-0.05, 0) is 96.9 Å². The van der Waals surface area contributed by atoms with Gasteiger partial charge in [0.25, 0.3) is 0 Å². The molecule has 15 heteroatoms. The number of amides is 4. The number of hydrogen-bond donors (Lipinski definition) is 2. The van der Waals surface area contributed by atoms with E-state index in [-0.39, 0.29) is 47.3 Å². The molecule has 2 N–H and O–H groups in total. The summed E-state index contributed by atoms with van der Waals surface area (Å²) < 4.78 is 11.7. The average molecular weight is 953 g/mol. The number of carbonyl (C=O) groups is 4. The number of ether oxygens (including phenoxy) is 2. The SMILES string of the molecule is COc1ccccc1-c1cc(Sc2cc(-c3ccccc3OC)c(C3CC3C(=O)NCCCN3CCCC3=O)c(Cl)c2Cl)c(Cl)c(Cl)c1C1CC1C(=O)NCCCN1CCCC1=O. The Morgan fingerprint density at radius 3 is 1.43 bits per heavy atom. The van der Waals surface area contributed by atoms with Crippen LogP contribution in [0.1, 0.15) is 74.3 Å². The highest BCUT2D eigenvalue weighted by molar-refractivity contribution is 7.99. The Morgan fingerprint density at radius 1 is 0.635 bits per heavy atom. The first kappa shape index (κ1) is 45.4. The van der Waals surface area contributed by atoms with Gasteiger partial charge >= 0.3 is 0 Å². The van der Waals surface area contributed by atoms with Crippen LogP contribution in [0.25, 0.3) is 22.3 Å². The lowest BCUT2D eigenvalue weighted by molar-refractivity contribution is -0.128. The zero-order valence-electron chi connectivity index (χ0n) is 35.2. The van der Waals surface area contributed by atoms with Crippen LogP contribution in [0.3, 0.4) is 0 Å². The third kappa shape index (κ3) is 9.79. The van der Waals surface area contributed by atoms with Crippen molar-refractivity contribution in [2.45, 2.75) is 73.0 Å². The predicted octanol–water partition coefficient (Wildman–Crippen LogP) is 10.3. The van der Waals surface area contributed by atoms with Crippen molar-refractivity contribution in [1.29, 1.82) is 0 Å². The van der Waals surface area contributed by atoms with Gasteiger partial charge in [0.15, 0.2) is 0 Å². The summed E-state index contributed by atoms with van der Waals surface area (Å²) in [5.74, 6) is 0.569. The van der Waals surface area contributed by atoms with Gasteiger partial charge in [-0.25, -0.2) is 0 Å². The normalized spacial score (nSPS) is 20.3. The molecule has 63 heavy (non-hydrogen) atoms. The fraction of sp³-hybridized carbons (Fsp3) is 0.417. The second kappa shape index (κ2) is 19.9. The lowest BCUT2D eigenvalue weighted by Gasteiger charge is -2.21. The average Bonchev–Trinajstić information content (AvgIpc) is 4.19. The molecule has 10 nitrogen and oxygen atoms in total. The van der Waals surface area contributed by atoms with E-state index in [9.17, 15) is 19.2 Å². The molecule has 0 spiro atoms. The highest BCUT2D eigenvalue weighted by atomic mass is 35.5. The lowest BCUT2D eigenvalue weighted by Crippen LogP contribution is -2.31. The minimum absolute atomic E-state index is 0.0552. The zero-order valence-corrected chi connectivity index (χ0v) is 39.1. The van der Waals surface area contributed by atoms with Crippen LogP contribution in [-0.2, 0) is 19.2 Å². The van der Waals surface area contributed by atoms with E-state index in [1.807, 2.05) is 70.5 Å². The smallest absolute Gasteiger partial charge is 0.223 e. The molecule has 4 atom stereocenters. The highest BCUT2D eigenvalue weighted by Crippen LogP contribution is 2.59. The summed E-state index contributed by atoms with van der Waals surface area (Å²) in [6.45, 7) is 3.77. The molecule has 8 rings (SSSR count). The van der Waals surface area contributed by atoms with Crippen LogP contribution in [0.2, 0.25) is 20.1 Å². The summed E-state index contributed by atoms with van der Waals surface area (Å²) in [6, 6.07) is 19.3. The van der Waals surface area contributed by atoms with Crippen molar-refractivity contribution in [2.75, 3.05) is 53.5 Å². The quantitative estimate of drug-likeness (QED) is 0.0954. The van der Waals surface area contributed by atoms with Gasteiger partial charge in [0.2, 0.25) is 23.6 Å². The molecule has 4 fully saturated rings. The first-order valence-electron chi connectivity index (χ1n) is 21.6. The van der Waals surface area contributed by atoms with Gasteiger partial charge in [-0.1, -0.05) is 94.6 Å². The maximum atomic E-state index is 13.5. The van der Waals surface area contributed by atoms with Gasteiger partial charge in [-0.15, -0.1) is 0 Å². The molecule has 4 aromatic carbocycles. The van der Waals surface area contributed by atoms with Gasteiger partial charge in [-0.3, -0.25) is 19.2 Å². The van der Waals surface area contributed by atoms with Crippen molar-refractivity contribution >= 4 is 81.8 Å². The van der Waals surface area contributed by atoms with Crippen molar-refractivity contribution in [3.8, 4) is 33.8 Å². The largest absolute Gasteiger partial charge is 0.496 e. The molecule has 4 aliphatic rings. The number of methoxy groups -OCH3 is 2. The third-order valence-corrected chi connectivity index (χ3v) is 15.7. The van der Waals surface area contributed by atoms with Gasteiger partial charge < -0.3 is 29.9 Å². The minimum Gasteiger partial charge on any atom is -0.496 e. The zero-order chi connectivity index (χ0) is 44.4. The molecular formula is C48H50Cl4N4O6S. The van der Waals surface area contributed by atoms with E-state index in [0.717, 1.165) is 59.3 Å². The Bertz CT molecular complexity index is 2270. The first-order chi connectivity index (χ1) is 30.5. The predicted molar refractivity (Wildman–Crippen MR) is 250 cm³/mol. The molecular weight excluding hydrogens is 902 g/mol. The Kier molecular flexibility index (Phi) is 14.4. The van der Waals surface area contributed by atoms with Crippen LogP contribution in [-0.4, -0.2) is 86.9 Å². The van der Waals surface area contributed by atoms with Crippen LogP contribution in [0.4, 0.5) is 0 Å². The van der Waals surface area contributed by atoms with Crippen molar-refractivity contribution in [3.63, 3.8) is 0 Å². The number of carbonyl (C=O) groups excluding carboxylic acids is 4. The highest BCUT2D eigenvalue weighted by Gasteiger charge is 2.48. The fourth-order valence-corrected chi connectivity index (χ4v) is 11.4. The van der Waals surface area contributed by atoms with Gasteiger partial charge in [0, 0.05) is 84.9 Å².